The Balaban J connectivity index is 0.00000338. The molecule has 1 aliphatic carbocycles. The fourth-order valence-electron chi connectivity index (χ4n) is 3.45. The van der Waals surface area contributed by atoms with E-state index >= 15 is 0 Å². The molecule has 150 valence electrons. The van der Waals surface area contributed by atoms with Gasteiger partial charge in [-0.05, 0) is 44.2 Å². The minimum Gasteiger partial charge on any atom is -0.378 e. The summed E-state index contributed by atoms with van der Waals surface area (Å²) in [6.45, 7) is 2.75. The van der Waals surface area contributed by atoms with Crippen LogP contribution in [0.5, 0.6) is 0 Å². The summed E-state index contributed by atoms with van der Waals surface area (Å²) >= 11 is 0. The summed E-state index contributed by atoms with van der Waals surface area (Å²) in [5, 5.41) is 3.47. The van der Waals surface area contributed by atoms with Crippen molar-refractivity contribution >= 4 is 29.9 Å². The fraction of sp³-hybridized carbons (Fsp3) is 0.750. The number of ether oxygens (including phenoxy) is 1. The van der Waals surface area contributed by atoms with Gasteiger partial charge in [-0.15, -0.1) is 24.0 Å². The number of hydrogen-bond acceptors (Lipinski definition) is 2. The Morgan fingerprint density at radius 1 is 1.27 bits per heavy atom. The molecule has 0 spiro atoms. The van der Waals surface area contributed by atoms with Crippen LogP contribution in [0.3, 0.4) is 0 Å². The lowest BCUT2D eigenvalue weighted by molar-refractivity contribution is 0.0264. The number of halogens is 1. The highest BCUT2D eigenvalue weighted by atomic mass is 127. The highest BCUT2D eigenvalue weighted by Gasteiger charge is 2.13. The van der Waals surface area contributed by atoms with Crippen LogP contribution >= 0.6 is 24.0 Å². The number of rotatable bonds is 9. The van der Waals surface area contributed by atoms with E-state index < -0.39 is 0 Å². The van der Waals surface area contributed by atoms with Crippen LogP contribution in [0.15, 0.2) is 23.3 Å². The Morgan fingerprint density at radius 2 is 2.04 bits per heavy atom. The van der Waals surface area contributed by atoms with E-state index in [-0.39, 0.29) is 24.0 Å². The number of aryl methyl sites for hydroxylation is 1. The van der Waals surface area contributed by atoms with Gasteiger partial charge < -0.3 is 19.5 Å². The van der Waals surface area contributed by atoms with Gasteiger partial charge in [0, 0.05) is 46.2 Å². The molecule has 1 N–H and O–H groups in total. The van der Waals surface area contributed by atoms with Crippen molar-refractivity contribution in [3.8, 4) is 0 Å². The van der Waals surface area contributed by atoms with E-state index in [1.165, 1.54) is 44.2 Å². The first kappa shape index (κ1) is 23.3. The Hall–Kier alpha value is -0.760. The van der Waals surface area contributed by atoms with Crippen LogP contribution in [0, 0.1) is 0 Å². The smallest absolute Gasteiger partial charge is 0.193 e. The van der Waals surface area contributed by atoms with Gasteiger partial charge in [-0.2, -0.15) is 0 Å². The van der Waals surface area contributed by atoms with E-state index in [4.69, 9.17) is 4.74 Å². The van der Waals surface area contributed by atoms with Crippen LogP contribution in [-0.4, -0.2) is 48.8 Å². The lowest BCUT2D eigenvalue weighted by atomic mass is 9.98. The maximum absolute atomic E-state index is 5.99. The monoisotopic (exact) mass is 476 g/mol. The van der Waals surface area contributed by atoms with Crippen LogP contribution in [0.2, 0.25) is 0 Å². The van der Waals surface area contributed by atoms with E-state index in [9.17, 15) is 0 Å². The standard InChI is InChI=1S/C20H36N4O.HI/c1-21-20(24(3)17-18-11-10-15-23(18)2)22-14-8-5-9-16-25-19-12-6-4-7-13-19;/h10-11,15,19H,4-9,12-14,16-17H2,1-3H3,(H,21,22);1H. The van der Waals surface area contributed by atoms with E-state index in [1.807, 2.05) is 7.05 Å². The second kappa shape index (κ2) is 13.4. The van der Waals surface area contributed by atoms with Crippen LogP contribution in [0.4, 0.5) is 0 Å². The Morgan fingerprint density at radius 3 is 2.69 bits per heavy atom. The zero-order valence-corrected chi connectivity index (χ0v) is 19.1. The first-order chi connectivity index (χ1) is 12.2. The van der Waals surface area contributed by atoms with Gasteiger partial charge in [0.1, 0.15) is 0 Å². The van der Waals surface area contributed by atoms with Gasteiger partial charge in [0.2, 0.25) is 0 Å². The minimum absolute atomic E-state index is 0. The second-order valence-corrected chi connectivity index (χ2v) is 7.13. The summed E-state index contributed by atoms with van der Waals surface area (Å²) < 4.78 is 8.13. The van der Waals surface area contributed by atoms with E-state index in [0.29, 0.717) is 6.10 Å². The zero-order valence-electron chi connectivity index (χ0n) is 16.7. The summed E-state index contributed by atoms with van der Waals surface area (Å²) in [6, 6.07) is 4.23. The summed E-state index contributed by atoms with van der Waals surface area (Å²) in [7, 11) is 6.01. The molecular weight excluding hydrogens is 439 g/mol. The molecule has 2 rings (SSSR count). The Kier molecular flexibility index (Phi) is 12.0. The van der Waals surface area contributed by atoms with E-state index in [1.54, 1.807) is 0 Å². The summed E-state index contributed by atoms with van der Waals surface area (Å²) in [5.74, 6) is 0.958. The van der Waals surface area contributed by atoms with Gasteiger partial charge in [-0.25, -0.2) is 0 Å². The second-order valence-electron chi connectivity index (χ2n) is 7.13. The molecule has 1 aromatic rings. The lowest BCUT2D eigenvalue weighted by Gasteiger charge is -2.23. The van der Waals surface area contributed by atoms with Crippen molar-refractivity contribution < 1.29 is 4.74 Å². The van der Waals surface area contributed by atoms with E-state index in [0.717, 1.165) is 38.5 Å². The number of unbranched alkanes of at least 4 members (excludes halogenated alkanes) is 2. The minimum atomic E-state index is 0. The SMILES string of the molecule is CN=C(NCCCCCOC1CCCCC1)N(C)Cc1cccn1C.I. The van der Waals surface area contributed by atoms with Gasteiger partial charge >= 0.3 is 0 Å². The normalized spacial score (nSPS) is 15.6. The van der Waals surface area contributed by atoms with Gasteiger partial charge in [-0.3, -0.25) is 4.99 Å². The highest BCUT2D eigenvalue weighted by molar-refractivity contribution is 14.0. The molecule has 0 unspecified atom stereocenters. The average molecular weight is 476 g/mol. The van der Waals surface area contributed by atoms with Gasteiger partial charge in [0.25, 0.3) is 0 Å². The molecule has 0 aliphatic heterocycles. The Bertz CT molecular complexity index is 512. The lowest BCUT2D eigenvalue weighted by Crippen LogP contribution is -2.39. The third-order valence-electron chi connectivity index (χ3n) is 5.03. The topological polar surface area (TPSA) is 41.8 Å². The number of aliphatic imine (C=N–C) groups is 1. The van der Waals surface area contributed by atoms with Crippen LogP contribution < -0.4 is 5.32 Å². The third-order valence-corrected chi connectivity index (χ3v) is 5.03. The predicted octanol–water partition coefficient (Wildman–Crippen LogP) is 4.17. The van der Waals surface area contributed by atoms with Crippen molar-refractivity contribution in [1.29, 1.82) is 0 Å². The maximum Gasteiger partial charge on any atom is 0.193 e. The maximum atomic E-state index is 5.99. The van der Waals surface area contributed by atoms with Crippen molar-refractivity contribution in [3.05, 3.63) is 24.0 Å². The predicted molar refractivity (Wildman–Crippen MR) is 120 cm³/mol. The number of aromatic nitrogens is 1. The molecular formula is C20H37IN4O. The first-order valence-corrected chi connectivity index (χ1v) is 9.84. The van der Waals surface area contributed by atoms with Crippen molar-refractivity contribution in [2.75, 3.05) is 27.2 Å². The molecule has 0 saturated heterocycles. The average Bonchev–Trinajstić information content (AvgIpc) is 3.03. The van der Waals surface area contributed by atoms with Crippen molar-refractivity contribution in [2.45, 2.75) is 64.0 Å². The molecule has 6 heteroatoms. The molecule has 1 heterocycles. The van der Waals surface area contributed by atoms with Crippen LogP contribution in [0.25, 0.3) is 0 Å². The first-order valence-electron chi connectivity index (χ1n) is 9.84. The molecule has 0 aromatic carbocycles. The largest absolute Gasteiger partial charge is 0.378 e. The molecule has 0 amide bonds. The number of hydrogen-bond donors (Lipinski definition) is 1. The third kappa shape index (κ3) is 8.29. The number of guanidine groups is 1. The molecule has 0 radical (unpaired) electrons. The summed E-state index contributed by atoms with van der Waals surface area (Å²) in [5.41, 5.74) is 1.28. The summed E-state index contributed by atoms with van der Waals surface area (Å²) in [6.07, 6.45) is 12.8. The van der Waals surface area contributed by atoms with Crippen molar-refractivity contribution in [2.24, 2.45) is 12.0 Å². The molecule has 26 heavy (non-hydrogen) atoms. The van der Waals surface area contributed by atoms with E-state index in [2.05, 4.69) is 52.2 Å². The molecule has 0 bridgehead atoms. The zero-order chi connectivity index (χ0) is 17.9. The highest BCUT2D eigenvalue weighted by Crippen LogP contribution is 2.20. The summed E-state index contributed by atoms with van der Waals surface area (Å²) in [4.78, 5) is 6.56. The molecule has 0 atom stereocenters. The number of nitrogens with zero attached hydrogens (tertiary/aromatic N) is 3. The molecule has 5 nitrogen and oxygen atoms in total. The van der Waals surface area contributed by atoms with Gasteiger partial charge in [0.15, 0.2) is 5.96 Å². The van der Waals surface area contributed by atoms with Crippen molar-refractivity contribution in [1.82, 2.24) is 14.8 Å². The quantitative estimate of drug-likeness (QED) is 0.252. The Labute approximate surface area is 176 Å². The molecule has 1 fully saturated rings. The van der Waals surface area contributed by atoms with Crippen LogP contribution in [0.1, 0.15) is 57.1 Å². The molecule has 1 aliphatic rings. The molecule has 1 saturated carbocycles. The van der Waals surface area contributed by atoms with Gasteiger partial charge in [-0.1, -0.05) is 19.3 Å². The fourth-order valence-corrected chi connectivity index (χ4v) is 3.45. The number of nitrogens with one attached hydrogen (secondary N) is 1. The van der Waals surface area contributed by atoms with Crippen LogP contribution in [-0.2, 0) is 18.3 Å². The van der Waals surface area contributed by atoms with Gasteiger partial charge in [0.05, 0.1) is 12.6 Å². The molecule has 1 aromatic heterocycles. The van der Waals surface area contributed by atoms with Crippen molar-refractivity contribution in [3.63, 3.8) is 0 Å².